The number of esters is 2. The fourth-order valence-corrected chi connectivity index (χ4v) is 7.64. The van der Waals surface area contributed by atoms with E-state index in [0.29, 0.717) is 12.8 Å². The largest absolute Gasteiger partial charge is 1.00 e. The molecule has 3 saturated heterocycles. The van der Waals surface area contributed by atoms with E-state index >= 15 is 0 Å². The van der Waals surface area contributed by atoms with Crippen LogP contribution in [0.2, 0.25) is 0 Å². The van der Waals surface area contributed by atoms with Crippen LogP contribution in [0.15, 0.2) is 24.3 Å². The minimum atomic E-state index is -5.07. The van der Waals surface area contributed by atoms with Crippen molar-refractivity contribution in [2.45, 2.75) is 151 Å². The summed E-state index contributed by atoms with van der Waals surface area (Å²) in [5, 5.41) is 101. The average Bonchev–Trinajstić information content (AvgIpc) is 3.32. The van der Waals surface area contributed by atoms with Crippen LogP contribution in [0.4, 0.5) is 0 Å². The summed E-state index contributed by atoms with van der Waals surface area (Å²) >= 11 is 0. The van der Waals surface area contributed by atoms with Gasteiger partial charge in [0.1, 0.15) is 92.9 Å². The Bertz CT molecular complexity index is 1790. The number of amides is 3. The fraction of sp³-hybridized carbons (Fsp3) is 0.780. The number of carbonyl (C=O) groups is 5. The molecule has 0 aromatic carbocycles. The quantitative estimate of drug-likeness (QED) is 0.00629. The summed E-state index contributed by atoms with van der Waals surface area (Å²) in [5.74, 6) is -3.98. The van der Waals surface area contributed by atoms with Gasteiger partial charge in [-0.2, -0.15) is 0 Å². The Morgan fingerprint density at radius 2 is 1.22 bits per heavy atom. The van der Waals surface area contributed by atoms with Crippen molar-refractivity contribution in [3.63, 3.8) is 0 Å². The molecule has 0 spiro atoms. The first-order valence-electron chi connectivity index (χ1n) is 22.6. The van der Waals surface area contributed by atoms with E-state index in [4.69, 9.17) is 46.9 Å². The summed E-state index contributed by atoms with van der Waals surface area (Å²) < 4.78 is 65.7. The number of phosphoric acid groups is 1. The number of aliphatic hydroxyl groups is 9. The molecule has 3 fully saturated rings. The summed E-state index contributed by atoms with van der Waals surface area (Å²) in [6.07, 6.45) is -19.4. The van der Waals surface area contributed by atoms with E-state index < -0.39 is 195 Å². The molecule has 3 heterocycles. The molecule has 3 rings (SSSR count). The Labute approximate surface area is 435 Å². The second-order valence-electron chi connectivity index (χ2n) is 16.0. The van der Waals surface area contributed by atoms with Gasteiger partial charge in [0.15, 0.2) is 25.0 Å². The van der Waals surface area contributed by atoms with Crippen LogP contribution in [0.25, 0.3) is 0 Å². The van der Waals surface area contributed by atoms with Crippen molar-refractivity contribution >= 4 is 37.5 Å². The summed E-state index contributed by atoms with van der Waals surface area (Å²) in [4.78, 5) is 73.9. The van der Waals surface area contributed by atoms with Crippen LogP contribution in [-0.4, -0.2) is 227 Å². The molecule has 8 unspecified atom stereocenters. The number of ether oxygens (including phenoxy) is 8. The minimum Gasteiger partial charge on any atom is -0.756 e. The first kappa shape index (κ1) is 65.5. The molecule has 72 heavy (non-hydrogen) atoms. The molecule has 3 amide bonds. The molecular formula is C41H67N3NaO26P. The molecule has 0 aliphatic carbocycles. The van der Waals surface area contributed by atoms with Gasteiger partial charge in [-0.1, -0.05) is 38.2 Å². The van der Waals surface area contributed by atoms with Crippen molar-refractivity contribution in [1.29, 1.82) is 0 Å². The van der Waals surface area contributed by atoms with E-state index in [-0.39, 0.29) is 42.4 Å². The molecule has 31 heteroatoms. The Morgan fingerprint density at radius 3 is 1.82 bits per heavy atom. The molecule has 12 N–H and O–H groups in total. The smallest absolute Gasteiger partial charge is 0.756 e. The van der Waals surface area contributed by atoms with Gasteiger partial charge in [-0.25, -0.2) is 0 Å². The topological polar surface area (TPSA) is 436 Å². The van der Waals surface area contributed by atoms with Crippen LogP contribution in [0.3, 0.4) is 0 Å². The summed E-state index contributed by atoms with van der Waals surface area (Å²) in [6.45, 7) is -0.982. The third-order valence-electron chi connectivity index (χ3n) is 10.5. The van der Waals surface area contributed by atoms with Crippen molar-refractivity contribution in [1.82, 2.24) is 16.0 Å². The molecule has 408 valence electrons. The number of hydrogen-bond donors (Lipinski definition) is 12. The fourth-order valence-electron chi connectivity index (χ4n) is 6.90. The van der Waals surface area contributed by atoms with E-state index in [2.05, 4.69) is 16.0 Å². The maximum absolute atomic E-state index is 12.6. The van der Waals surface area contributed by atoms with Gasteiger partial charge in [-0.05, 0) is 12.8 Å². The standard InChI is InChI=1S/C41H68N3O26P.Na/c1-4-6-8-10-28(51)61-18-22(65-29(52)11-9-7-5-2)19-64-71(59,60)63-13-12-42-26(49)14-27(50)43-20-62-39-30(44-21(3)48)33(55)37(25(17-47)68-39)69-41-36(58)38(32(54)24(16-46)67-41)70-40-35(57)34(56)31(53)23(15-45)66-40;/h6-9,22-25,30-41,45-47,53-58H,4-5,10-20H2,1-3H3,(H,42,49)(H,43,50)(H,44,48)(H,59,60);/q;+1/p-1/b8-6-,9-7-;/t22?,23?,24?,25?,30?,31-,32-,33+,34-,35?,36?,37+,38-,39+,40+,41-;/m0./s1. The third kappa shape index (κ3) is 21.2. The zero-order valence-corrected chi connectivity index (χ0v) is 43.0. The van der Waals surface area contributed by atoms with E-state index in [9.17, 15) is 79.4 Å². The number of rotatable bonds is 29. The van der Waals surface area contributed by atoms with Crippen LogP contribution in [-0.2, 0) is 75.5 Å². The predicted molar refractivity (Wildman–Crippen MR) is 231 cm³/mol. The SMILES string of the molecule is CC/C=C\CC(=O)OCC(COP(=O)([O-])OCCNC(=O)CC(=O)NCO[C@@H]1OC(CO)[C@@H](O[C@@H]2OC(CO)[C@H](O)[C@H](O[C@H]3OC(CO)[C@H](O)[C@H](O)C3O)C2O)[C@H](O)C1NC(C)=O)OC(=O)C/C=C\CC.[Na+]. The Morgan fingerprint density at radius 1 is 0.667 bits per heavy atom. The molecule has 0 bridgehead atoms. The van der Waals surface area contributed by atoms with Crippen LogP contribution < -0.4 is 50.4 Å². The van der Waals surface area contributed by atoms with Crippen LogP contribution >= 0.6 is 7.82 Å². The van der Waals surface area contributed by atoms with Gasteiger partial charge in [0.2, 0.25) is 17.7 Å². The molecule has 0 radical (unpaired) electrons. The number of allylic oxidation sites excluding steroid dienone is 2. The van der Waals surface area contributed by atoms with Gasteiger partial charge in [0.25, 0.3) is 7.82 Å². The van der Waals surface area contributed by atoms with Gasteiger partial charge >= 0.3 is 41.5 Å². The van der Waals surface area contributed by atoms with Crippen molar-refractivity contribution in [2.75, 3.05) is 52.9 Å². The zero-order chi connectivity index (χ0) is 52.8. The van der Waals surface area contributed by atoms with Crippen LogP contribution in [0.1, 0.15) is 52.9 Å². The minimum absolute atomic E-state index is 0. The normalized spacial score (nSPS) is 32.0. The summed E-state index contributed by atoms with van der Waals surface area (Å²) in [7, 11) is -5.07. The first-order chi connectivity index (χ1) is 33.7. The summed E-state index contributed by atoms with van der Waals surface area (Å²) in [5.41, 5.74) is 0. The summed E-state index contributed by atoms with van der Waals surface area (Å²) in [6, 6.07) is -1.54. The number of hydrogen-bond acceptors (Lipinski definition) is 26. The Kier molecular flexibility index (Phi) is 30.4. The van der Waals surface area contributed by atoms with E-state index in [0.717, 1.165) is 6.92 Å². The molecule has 29 nitrogen and oxygen atoms in total. The van der Waals surface area contributed by atoms with Gasteiger partial charge < -0.3 is 114 Å². The predicted octanol–water partition coefficient (Wildman–Crippen LogP) is -9.15. The second-order valence-corrected chi connectivity index (χ2v) is 17.4. The molecule has 17 atom stereocenters. The van der Waals surface area contributed by atoms with Crippen molar-refractivity contribution in [2.24, 2.45) is 0 Å². The maximum atomic E-state index is 12.6. The number of aliphatic hydroxyl groups excluding tert-OH is 9. The van der Waals surface area contributed by atoms with Gasteiger partial charge in [-0.3, -0.25) is 28.5 Å². The van der Waals surface area contributed by atoms with Gasteiger partial charge in [0, 0.05) is 13.5 Å². The van der Waals surface area contributed by atoms with Crippen molar-refractivity contribution < 1.29 is 156 Å². The molecular weight excluding hydrogens is 1000 g/mol. The second kappa shape index (κ2) is 33.4. The number of carbonyl (C=O) groups excluding carboxylic acids is 5. The first-order valence-corrected chi connectivity index (χ1v) is 24.0. The molecule has 0 aromatic heterocycles. The molecule has 0 saturated carbocycles. The molecule has 3 aliphatic rings. The average molecular weight is 1070 g/mol. The van der Waals surface area contributed by atoms with Crippen molar-refractivity contribution in [3.05, 3.63) is 24.3 Å². The third-order valence-corrected chi connectivity index (χ3v) is 11.5. The monoisotopic (exact) mass is 1070 g/mol. The van der Waals surface area contributed by atoms with Crippen molar-refractivity contribution in [3.8, 4) is 0 Å². The maximum Gasteiger partial charge on any atom is 1.00 e. The molecule has 3 aliphatic heterocycles. The Balaban J connectivity index is 0.0000178. The number of nitrogens with one attached hydrogen (secondary N) is 3. The zero-order valence-electron chi connectivity index (χ0n) is 40.2. The van der Waals surface area contributed by atoms with Crippen LogP contribution in [0.5, 0.6) is 0 Å². The number of phosphoric ester groups is 1. The van der Waals surface area contributed by atoms with Gasteiger partial charge in [-0.15, -0.1) is 0 Å². The van der Waals surface area contributed by atoms with E-state index in [1.165, 1.54) is 0 Å². The van der Waals surface area contributed by atoms with E-state index in [1.807, 2.05) is 13.8 Å². The van der Waals surface area contributed by atoms with E-state index in [1.54, 1.807) is 24.3 Å². The van der Waals surface area contributed by atoms with Crippen LogP contribution in [0, 0.1) is 0 Å². The molecule has 0 aromatic rings. The van der Waals surface area contributed by atoms with Gasteiger partial charge in [0.05, 0.1) is 45.9 Å². The Hall–Kier alpha value is -2.66.